The highest BCUT2D eigenvalue weighted by molar-refractivity contribution is 5.75. The van der Waals surface area contributed by atoms with E-state index in [0.29, 0.717) is 18.8 Å². The summed E-state index contributed by atoms with van der Waals surface area (Å²) in [6.07, 6.45) is 4.24. The van der Waals surface area contributed by atoms with Crippen molar-refractivity contribution in [1.82, 2.24) is 9.55 Å². The quantitative estimate of drug-likeness (QED) is 0.635. The van der Waals surface area contributed by atoms with Crippen LogP contribution in [0.15, 0.2) is 6.33 Å². The lowest BCUT2D eigenvalue weighted by atomic mass is 9.71. The van der Waals surface area contributed by atoms with Crippen molar-refractivity contribution in [2.45, 2.75) is 32.6 Å². The van der Waals surface area contributed by atoms with Gasteiger partial charge in [-0.2, -0.15) is 0 Å². The number of hydrogen-bond acceptors (Lipinski definition) is 5. The van der Waals surface area contributed by atoms with Crippen molar-refractivity contribution in [3.63, 3.8) is 0 Å². The van der Waals surface area contributed by atoms with Crippen molar-refractivity contribution >= 4 is 17.6 Å². The number of carboxylic acid groups (broad SMARTS) is 1. The number of aryl methyl sites for hydroxylation is 1. The number of nitrogens with zero attached hydrogens (tertiary/aromatic N) is 3. The van der Waals surface area contributed by atoms with Crippen LogP contribution in [-0.2, 0) is 11.8 Å². The van der Waals surface area contributed by atoms with Crippen LogP contribution in [0.5, 0.6) is 0 Å². The lowest BCUT2D eigenvalue weighted by Crippen LogP contribution is -2.41. The number of carbonyl (C=O) groups is 1. The number of nitrogens with one attached hydrogen (secondary N) is 1. The highest BCUT2D eigenvalue weighted by Crippen LogP contribution is 2.39. The monoisotopic (exact) mass is 296 g/mol. The molecule has 1 aromatic heterocycles. The molecule has 1 saturated carbocycles. The summed E-state index contributed by atoms with van der Waals surface area (Å²) in [5, 5.41) is 23.4. The highest BCUT2D eigenvalue weighted by atomic mass is 16.6. The Morgan fingerprint density at radius 2 is 2.24 bits per heavy atom. The zero-order valence-corrected chi connectivity index (χ0v) is 12.2. The number of aromatic nitrogens is 2. The Morgan fingerprint density at radius 1 is 1.62 bits per heavy atom. The van der Waals surface area contributed by atoms with E-state index in [-0.39, 0.29) is 18.2 Å². The molecule has 1 fully saturated rings. The molecule has 2 N–H and O–H groups in total. The molecular formula is C13H20N4O4. The molecule has 116 valence electrons. The molecule has 0 aromatic carbocycles. The number of nitro groups is 1. The van der Waals surface area contributed by atoms with Gasteiger partial charge in [0.15, 0.2) is 0 Å². The lowest BCUT2D eigenvalue weighted by Gasteiger charge is -2.35. The molecule has 1 aliphatic rings. The molecule has 0 spiro atoms. The Kier molecular flexibility index (Phi) is 4.15. The van der Waals surface area contributed by atoms with Gasteiger partial charge in [0.05, 0.1) is 5.41 Å². The van der Waals surface area contributed by atoms with Crippen LogP contribution in [0.4, 0.5) is 11.6 Å². The zero-order valence-electron chi connectivity index (χ0n) is 12.2. The molecule has 0 saturated heterocycles. The third-order valence-electron chi connectivity index (χ3n) is 4.37. The summed E-state index contributed by atoms with van der Waals surface area (Å²) in [6, 6.07) is 0. The van der Waals surface area contributed by atoms with Crippen molar-refractivity contribution in [2.75, 3.05) is 11.9 Å². The molecule has 0 radical (unpaired) electrons. The van der Waals surface area contributed by atoms with Crippen LogP contribution in [0.3, 0.4) is 0 Å². The first-order valence-electron chi connectivity index (χ1n) is 6.99. The second kappa shape index (κ2) is 5.71. The number of imidazole rings is 1. The summed E-state index contributed by atoms with van der Waals surface area (Å²) in [5.41, 5.74) is -0.856. The van der Waals surface area contributed by atoms with E-state index in [1.807, 2.05) is 0 Å². The fourth-order valence-electron chi connectivity index (χ4n) is 2.79. The molecule has 2 rings (SSSR count). The van der Waals surface area contributed by atoms with Gasteiger partial charge in [-0.05, 0) is 41.5 Å². The summed E-state index contributed by atoms with van der Waals surface area (Å²) in [4.78, 5) is 25.7. The van der Waals surface area contributed by atoms with E-state index in [0.717, 1.165) is 12.8 Å². The van der Waals surface area contributed by atoms with Crippen molar-refractivity contribution in [2.24, 2.45) is 18.4 Å². The Hall–Kier alpha value is -2.12. The minimum absolute atomic E-state index is 0.176. The smallest absolute Gasteiger partial charge is 0.406 e. The van der Waals surface area contributed by atoms with Crippen LogP contribution in [0.1, 0.15) is 32.6 Å². The highest BCUT2D eigenvalue weighted by Gasteiger charge is 2.41. The molecule has 1 aliphatic carbocycles. The van der Waals surface area contributed by atoms with Crippen LogP contribution in [0, 0.1) is 21.4 Å². The van der Waals surface area contributed by atoms with Crippen molar-refractivity contribution in [3.8, 4) is 0 Å². The SMILES string of the molecule is CC1CCC(CNc2c([N+](=O)[O-])ncn2C)(C(=O)O)CC1. The normalized spacial score (nSPS) is 25.5. The second-order valence-corrected chi connectivity index (χ2v) is 5.91. The van der Waals surface area contributed by atoms with Crippen LogP contribution >= 0.6 is 0 Å². The minimum Gasteiger partial charge on any atom is -0.481 e. The fourth-order valence-corrected chi connectivity index (χ4v) is 2.79. The Balaban J connectivity index is 2.15. The van der Waals surface area contributed by atoms with Crippen LogP contribution in [0.25, 0.3) is 0 Å². The number of aliphatic carboxylic acids is 1. The topological polar surface area (TPSA) is 110 Å². The molecule has 0 unspecified atom stereocenters. The van der Waals surface area contributed by atoms with Gasteiger partial charge in [-0.1, -0.05) is 6.92 Å². The number of carboxylic acids is 1. The Labute approximate surface area is 122 Å². The molecule has 1 aromatic rings. The molecule has 1 heterocycles. The maximum Gasteiger partial charge on any atom is 0.406 e. The fraction of sp³-hybridized carbons (Fsp3) is 0.692. The summed E-state index contributed by atoms with van der Waals surface area (Å²) < 4.78 is 1.50. The molecule has 8 heteroatoms. The van der Waals surface area contributed by atoms with Gasteiger partial charge in [0.1, 0.15) is 0 Å². The van der Waals surface area contributed by atoms with Crippen LogP contribution in [0.2, 0.25) is 0 Å². The average Bonchev–Trinajstić information content (AvgIpc) is 2.80. The first-order chi connectivity index (χ1) is 9.85. The van der Waals surface area contributed by atoms with E-state index in [1.54, 1.807) is 7.05 Å². The van der Waals surface area contributed by atoms with Gasteiger partial charge in [0.2, 0.25) is 12.1 Å². The number of hydrogen-bond donors (Lipinski definition) is 2. The van der Waals surface area contributed by atoms with Gasteiger partial charge in [-0.15, -0.1) is 0 Å². The van der Waals surface area contributed by atoms with Crippen LogP contribution < -0.4 is 5.32 Å². The summed E-state index contributed by atoms with van der Waals surface area (Å²) in [7, 11) is 1.64. The summed E-state index contributed by atoms with van der Waals surface area (Å²) in [6.45, 7) is 2.29. The van der Waals surface area contributed by atoms with Gasteiger partial charge in [0.25, 0.3) is 0 Å². The van der Waals surface area contributed by atoms with Crippen molar-refractivity contribution in [1.29, 1.82) is 0 Å². The van der Waals surface area contributed by atoms with Gasteiger partial charge >= 0.3 is 11.8 Å². The minimum atomic E-state index is -0.856. The van der Waals surface area contributed by atoms with E-state index in [4.69, 9.17) is 0 Å². The first kappa shape index (κ1) is 15.3. The standard InChI is InChI=1S/C13H20N4O4/c1-9-3-5-13(6-4-9,12(18)19)7-14-10-11(17(20)21)15-8-16(10)2/h8-9,14H,3-7H2,1-2H3,(H,18,19). The maximum absolute atomic E-state index is 11.6. The zero-order chi connectivity index (χ0) is 15.6. The Bertz CT molecular complexity index is 546. The molecule has 21 heavy (non-hydrogen) atoms. The molecule has 0 atom stereocenters. The van der Waals surface area contributed by atoms with Crippen molar-refractivity contribution in [3.05, 3.63) is 16.4 Å². The van der Waals surface area contributed by atoms with Crippen LogP contribution in [-0.4, -0.2) is 32.1 Å². The predicted molar refractivity (Wildman–Crippen MR) is 76.1 cm³/mol. The second-order valence-electron chi connectivity index (χ2n) is 5.91. The van der Waals surface area contributed by atoms with E-state index in [9.17, 15) is 20.0 Å². The van der Waals surface area contributed by atoms with Gasteiger partial charge < -0.3 is 20.5 Å². The van der Waals surface area contributed by atoms with E-state index in [1.165, 1.54) is 10.9 Å². The van der Waals surface area contributed by atoms with Gasteiger partial charge in [-0.25, -0.2) is 0 Å². The molecule has 8 nitrogen and oxygen atoms in total. The molecule has 0 bridgehead atoms. The average molecular weight is 296 g/mol. The summed E-state index contributed by atoms with van der Waals surface area (Å²) >= 11 is 0. The van der Waals surface area contributed by atoms with Gasteiger partial charge in [-0.3, -0.25) is 9.36 Å². The van der Waals surface area contributed by atoms with Crippen molar-refractivity contribution < 1.29 is 14.8 Å². The molecule has 0 aliphatic heterocycles. The summed E-state index contributed by atoms with van der Waals surface area (Å²) in [5.74, 6) is -0.336. The lowest BCUT2D eigenvalue weighted by molar-refractivity contribution is -0.388. The largest absolute Gasteiger partial charge is 0.481 e. The van der Waals surface area contributed by atoms with Gasteiger partial charge in [0, 0.05) is 13.6 Å². The van der Waals surface area contributed by atoms with E-state index < -0.39 is 16.3 Å². The van der Waals surface area contributed by atoms with E-state index >= 15 is 0 Å². The number of anilines is 1. The molecular weight excluding hydrogens is 276 g/mol. The van der Waals surface area contributed by atoms with E-state index in [2.05, 4.69) is 17.2 Å². The first-order valence-corrected chi connectivity index (χ1v) is 6.99. The maximum atomic E-state index is 11.6. The third-order valence-corrected chi connectivity index (χ3v) is 4.37. The predicted octanol–water partition coefficient (Wildman–Crippen LogP) is 2.02. The Morgan fingerprint density at radius 3 is 2.76 bits per heavy atom. The number of rotatable bonds is 5. The molecule has 0 amide bonds. The third kappa shape index (κ3) is 2.98.